The highest BCUT2D eigenvalue weighted by Gasteiger charge is 2.18. The smallest absolute Gasteiger partial charge is 0.243 e. The number of rotatable bonds is 4. The standard InChI is InChI=1S/C13H16FNO3S/c1-10(2)9-15-19(17,18)13-6-5-11(4-3-7-16)8-12(13)14/h5-6,8,10,15-16H,7,9H2,1-2H3. The van der Waals surface area contributed by atoms with Gasteiger partial charge in [0.1, 0.15) is 17.3 Å². The first kappa shape index (κ1) is 15.6. The second kappa shape index (κ2) is 6.66. The van der Waals surface area contributed by atoms with Crippen molar-refractivity contribution >= 4 is 10.0 Å². The van der Waals surface area contributed by atoms with Gasteiger partial charge in [0.05, 0.1) is 0 Å². The SMILES string of the molecule is CC(C)CNS(=O)(=O)c1ccc(C#CCO)cc1F. The van der Waals surface area contributed by atoms with Crippen LogP contribution in [0.15, 0.2) is 23.1 Å². The molecule has 0 radical (unpaired) electrons. The van der Waals surface area contributed by atoms with Crippen LogP contribution in [0.25, 0.3) is 0 Å². The van der Waals surface area contributed by atoms with E-state index in [2.05, 4.69) is 16.6 Å². The van der Waals surface area contributed by atoms with E-state index in [0.29, 0.717) is 5.56 Å². The molecule has 0 saturated heterocycles. The average molecular weight is 285 g/mol. The molecule has 104 valence electrons. The molecule has 0 saturated carbocycles. The molecule has 0 amide bonds. The molecule has 0 aromatic heterocycles. The number of benzene rings is 1. The molecule has 0 atom stereocenters. The molecule has 6 heteroatoms. The summed E-state index contributed by atoms with van der Waals surface area (Å²) in [7, 11) is -3.85. The van der Waals surface area contributed by atoms with Gasteiger partial charge in [-0.15, -0.1) is 0 Å². The number of sulfonamides is 1. The monoisotopic (exact) mass is 285 g/mol. The Labute approximate surface area is 112 Å². The number of hydrogen-bond acceptors (Lipinski definition) is 3. The Balaban J connectivity index is 3.02. The molecule has 0 aliphatic rings. The Morgan fingerprint density at radius 2 is 2.11 bits per heavy atom. The Morgan fingerprint density at radius 1 is 1.42 bits per heavy atom. The molecule has 0 aliphatic heterocycles. The van der Waals surface area contributed by atoms with Crippen LogP contribution < -0.4 is 4.72 Å². The minimum atomic E-state index is -3.85. The lowest BCUT2D eigenvalue weighted by molar-refractivity contribution is 0.350. The van der Waals surface area contributed by atoms with Gasteiger partial charge < -0.3 is 5.11 Å². The van der Waals surface area contributed by atoms with Crippen LogP contribution in [0.3, 0.4) is 0 Å². The lowest BCUT2D eigenvalue weighted by Crippen LogP contribution is -2.28. The fourth-order valence-electron chi connectivity index (χ4n) is 1.29. The molecule has 0 unspecified atom stereocenters. The minimum Gasteiger partial charge on any atom is -0.384 e. The van der Waals surface area contributed by atoms with E-state index in [-0.39, 0.29) is 19.1 Å². The van der Waals surface area contributed by atoms with Gasteiger partial charge in [0, 0.05) is 12.1 Å². The van der Waals surface area contributed by atoms with Crippen LogP contribution in [0.1, 0.15) is 19.4 Å². The van der Waals surface area contributed by atoms with Crippen molar-refractivity contribution in [2.24, 2.45) is 5.92 Å². The molecule has 1 aromatic carbocycles. The van der Waals surface area contributed by atoms with Gasteiger partial charge in [0.15, 0.2) is 0 Å². The van der Waals surface area contributed by atoms with Crippen LogP contribution in [-0.4, -0.2) is 26.7 Å². The highest BCUT2D eigenvalue weighted by molar-refractivity contribution is 7.89. The zero-order chi connectivity index (χ0) is 14.5. The van der Waals surface area contributed by atoms with Gasteiger partial charge in [-0.2, -0.15) is 0 Å². The molecular weight excluding hydrogens is 269 g/mol. The summed E-state index contributed by atoms with van der Waals surface area (Å²) in [4.78, 5) is -0.400. The van der Waals surface area contributed by atoms with E-state index in [1.165, 1.54) is 12.1 Å². The van der Waals surface area contributed by atoms with Crippen LogP contribution in [-0.2, 0) is 10.0 Å². The molecule has 0 bridgehead atoms. The summed E-state index contributed by atoms with van der Waals surface area (Å²) in [6.45, 7) is 3.62. The average Bonchev–Trinajstić information content (AvgIpc) is 2.34. The topological polar surface area (TPSA) is 66.4 Å². The van der Waals surface area contributed by atoms with Crippen molar-refractivity contribution in [2.75, 3.05) is 13.2 Å². The van der Waals surface area contributed by atoms with Crippen molar-refractivity contribution in [2.45, 2.75) is 18.7 Å². The van der Waals surface area contributed by atoms with Crippen molar-refractivity contribution in [1.82, 2.24) is 4.72 Å². The maximum absolute atomic E-state index is 13.7. The molecule has 19 heavy (non-hydrogen) atoms. The van der Waals surface area contributed by atoms with Gasteiger partial charge in [-0.1, -0.05) is 25.7 Å². The fraction of sp³-hybridized carbons (Fsp3) is 0.385. The third-order valence-corrected chi connectivity index (χ3v) is 3.67. The summed E-state index contributed by atoms with van der Waals surface area (Å²) in [5.74, 6) is 4.14. The van der Waals surface area contributed by atoms with Crippen LogP contribution in [0.4, 0.5) is 4.39 Å². The lowest BCUT2D eigenvalue weighted by atomic mass is 10.2. The van der Waals surface area contributed by atoms with E-state index in [1.807, 2.05) is 13.8 Å². The Bertz CT molecular complexity index is 600. The summed E-state index contributed by atoms with van der Waals surface area (Å²) in [6, 6.07) is 3.60. The Hall–Kier alpha value is -1.42. The van der Waals surface area contributed by atoms with E-state index in [4.69, 9.17) is 5.11 Å². The number of nitrogens with one attached hydrogen (secondary N) is 1. The van der Waals surface area contributed by atoms with Crippen molar-refractivity contribution in [3.05, 3.63) is 29.6 Å². The van der Waals surface area contributed by atoms with Crippen LogP contribution in [0, 0.1) is 23.6 Å². The van der Waals surface area contributed by atoms with E-state index < -0.39 is 20.7 Å². The van der Waals surface area contributed by atoms with Gasteiger partial charge in [-0.05, 0) is 24.1 Å². The molecule has 2 N–H and O–H groups in total. The molecular formula is C13H16FNO3S. The second-order valence-corrected chi connectivity index (χ2v) is 6.09. The first-order valence-electron chi connectivity index (χ1n) is 5.75. The van der Waals surface area contributed by atoms with E-state index in [9.17, 15) is 12.8 Å². The minimum absolute atomic E-state index is 0.132. The summed E-state index contributed by atoms with van der Waals surface area (Å²) in [5.41, 5.74) is 0.314. The summed E-state index contributed by atoms with van der Waals surface area (Å²) in [5, 5.41) is 8.53. The van der Waals surface area contributed by atoms with Crippen LogP contribution in [0.5, 0.6) is 0 Å². The Morgan fingerprint density at radius 3 is 2.63 bits per heavy atom. The summed E-state index contributed by atoms with van der Waals surface area (Å²) >= 11 is 0. The summed E-state index contributed by atoms with van der Waals surface area (Å²) in [6.07, 6.45) is 0. The van der Waals surface area contributed by atoms with Gasteiger partial charge in [0.2, 0.25) is 10.0 Å². The molecule has 1 rings (SSSR count). The number of hydrogen-bond donors (Lipinski definition) is 2. The Kier molecular flexibility index (Phi) is 5.48. The molecule has 0 spiro atoms. The predicted molar refractivity (Wildman–Crippen MR) is 70.4 cm³/mol. The number of halogens is 1. The highest BCUT2D eigenvalue weighted by Crippen LogP contribution is 2.15. The van der Waals surface area contributed by atoms with Crippen molar-refractivity contribution in [3.63, 3.8) is 0 Å². The van der Waals surface area contributed by atoms with E-state index in [0.717, 1.165) is 6.07 Å². The number of aliphatic hydroxyl groups is 1. The quantitative estimate of drug-likeness (QED) is 0.814. The molecule has 0 aliphatic carbocycles. The molecule has 4 nitrogen and oxygen atoms in total. The van der Waals surface area contributed by atoms with Gasteiger partial charge >= 0.3 is 0 Å². The van der Waals surface area contributed by atoms with E-state index in [1.54, 1.807) is 0 Å². The highest BCUT2D eigenvalue weighted by atomic mass is 32.2. The molecule has 1 aromatic rings. The van der Waals surface area contributed by atoms with Crippen molar-refractivity contribution in [3.8, 4) is 11.8 Å². The normalized spacial score (nSPS) is 11.2. The maximum Gasteiger partial charge on any atom is 0.243 e. The lowest BCUT2D eigenvalue weighted by Gasteiger charge is -2.09. The molecule has 0 heterocycles. The third kappa shape index (κ3) is 4.63. The largest absolute Gasteiger partial charge is 0.384 e. The summed E-state index contributed by atoms with van der Waals surface area (Å²) < 4.78 is 39.8. The number of aliphatic hydroxyl groups excluding tert-OH is 1. The van der Waals surface area contributed by atoms with Crippen molar-refractivity contribution in [1.29, 1.82) is 0 Å². The van der Waals surface area contributed by atoms with Crippen LogP contribution >= 0.6 is 0 Å². The zero-order valence-corrected chi connectivity index (χ0v) is 11.6. The van der Waals surface area contributed by atoms with Gasteiger partial charge in [-0.25, -0.2) is 17.5 Å². The van der Waals surface area contributed by atoms with Gasteiger partial charge in [0.25, 0.3) is 0 Å². The maximum atomic E-state index is 13.7. The van der Waals surface area contributed by atoms with Crippen molar-refractivity contribution < 1.29 is 17.9 Å². The predicted octanol–water partition coefficient (Wildman–Crippen LogP) is 1.10. The van der Waals surface area contributed by atoms with Crippen LogP contribution in [0.2, 0.25) is 0 Å². The first-order valence-corrected chi connectivity index (χ1v) is 7.24. The second-order valence-electron chi connectivity index (χ2n) is 4.35. The third-order valence-electron chi connectivity index (χ3n) is 2.21. The first-order chi connectivity index (χ1) is 8.86. The zero-order valence-electron chi connectivity index (χ0n) is 10.8. The van der Waals surface area contributed by atoms with E-state index >= 15 is 0 Å². The fourth-order valence-corrected chi connectivity index (χ4v) is 2.56. The molecule has 0 fully saturated rings. The van der Waals surface area contributed by atoms with Gasteiger partial charge in [-0.3, -0.25) is 0 Å².